The Kier molecular flexibility index (Phi) is 5.82. The van der Waals surface area contributed by atoms with Crippen molar-refractivity contribution >= 4 is 33.0 Å². The molecule has 0 fully saturated rings. The molecule has 0 saturated carbocycles. The van der Waals surface area contributed by atoms with Crippen LogP contribution in [0.15, 0.2) is 47.5 Å². The Bertz CT molecular complexity index is 1390. The molecule has 34 heavy (non-hydrogen) atoms. The first kappa shape index (κ1) is 23.3. The maximum absolute atomic E-state index is 13.7. The van der Waals surface area contributed by atoms with E-state index in [0.717, 1.165) is 11.9 Å². The smallest absolute Gasteiger partial charge is 0.277 e. The van der Waals surface area contributed by atoms with Crippen molar-refractivity contribution in [2.45, 2.75) is 11.4 Å². The maximum Gasteiger partial charge on any atom is 0.277 e. The van der Waals surface area contributed by atoms with Gasteiger partial charge in [-0.1, -0.05) is 0 Å². The van der Waals surface area contributed by atoms with E-state index >= 15 is 0 Å². The second-order valence-electron chi connectivity index (χ2n) is 8.18. The highest BCUT2D eigenvalue weighted by Gasteiger charge is 2.36. The molecule has 1 aliphatic rings. The summed E-state index contributed by atoms with van der Waals surface area (Å²) in [4.78, 5) is 29.4. The minimum absolute atomic E-state index is 0.0463. The summed E-state index contributed by atoms with van der Waals surface area (Å²) < 4.78 is 31.4. The Hall–Kier alpha value is -3.86. The van der Waals surface area contributed by atoms with E-state index in [-0.39, 0.29) is 34.9 Å². The SMILES string of the molecule is COc1ccc(-n2nc(S(C)(=O)=O)c3c2C(=O)N(c2ccc(N(C)C)cc2)CC3)c(C(N)=O)c1. The first-order chi connectivity index (χ1) is 16.0. The van der Waals surface area contributed by atoms with Crippen molar-refractivity contribution in [2.24, 2.45) is 5.73 Å². The highest BCUT2D eigenvalue weighted by Crippen LogP contribution is 2.32. The molecule has 1 aromatic heterocycles. The standard InChI is InChI=1S/C23H25N5O5S/c1-26(2)14-5-7-15(8-6-14)27-12-11-17-20(23(27)30)28(25-22(17)34(4,31)32)19-10-9-16(33-3)13-18(19)21(24)29/h5-10,13H,11-12H2,1-4H3,(H2,24,29). The van der Waals surface area contributed by atoms with E-state index in [0.29, 0.717) is 17.0 Å². The summed E-state index contributed by atoms with van der Waals surface area (Å²) in [6.45, 7) is 0.284. The van der Waals surface area contributed by atoms with E-state index in [1.54, 1.807) is 11.0 Å². The summed E-state index contributed by atoms with van der Waals surface area (Å²) in [6.07, 6.45) is 1.32. The van der Waals surface area contributed by atoms with Gasteiger partial charge >= 0.3 is 0 Å². The van der Waals surface area contributed by atoms with Gasteiger partial charge in [0, 0.05) is 43.8 Å². The molecule has 0 radical (unpaired) electrons. The predicted molar refractivity (Wildman–Crippen MR) is 128 cm³/mol. The molecular formula is C23H25N5O5S. The van der Waals surface area contributed by atoms with E-state index in [1.165, 1.54) is 23.9 Å². The van der Waals surface area contributed by atoms with Crippen molar-refractivity contribution in [3.63, 3.8) is 0 Å². The number of rotatable bonds is 6. The molecule has 2 heterocycles. The molecule has 2 aromatic carbocycles. The van der Waals surface area contributed by atoms with Crippen LogP contribution in [0.4, 0.5) is 11.4 Å². The molecule has 0 atom stereocenters. The Labute approximate surface area is 197 Å². The van der Waals surface area contributed by atoms with Gasteiger partial charge in [-0.05, 0) is 48.9 Å². The third-order valence-electron chi connectivity index (χ3n) is 5.71. The average Bonchev–Trinajstić information content (AvgIpc) is 3.20. The van der Waals surface area contributed by atoms with Gasteiger partial charge in [0.2, 0.25) is 0 Å². The number of benzene rings is 2. The number of fused-ring (bicyclic) bond motifs is 1. The number of ether oxygens (including phenoxy) is 1. The number of aromatic nitrogens is 2. The van der Waals surface area contributed by atoms with Crippen LogP contribution < -0.4 is 20.3 Å². The molecule has 4 rings (SSSR count). The molecule has 3 aromatic rings. The van der Waals surface area contributed by atoms with Gasteiger partial charge in [-0.3, -0.25) is 9.59 Å². The van der Waals surface area contributed by atoms with Gasteiger partial charge in [-0.15, -0.1) is 0 Å². The number of hydrogen-bond donors (Lipinski definition) is 1. The fourth-order valence-electron chi connectivity index (χ4n) is 4.00. The second kappa shape index (κ2) is 8.49. The number of primary amides is 1. The Balaban J connectivity index is 1.90. The molecule has 11 heteroatoms. The normalized spacial score (nSPS) is 13.5. The van der Waals surface area contributed by atoms with Crippen molar-refractivity contribution in [1.82, 2.24) is 9.78 Å². The molecule has 0 spiro atoms. The third-order valence-corrected chi connectivity index (χ3v) is 6.74. The molecular weight excluding hydrogens is 458 g/mol. The molecule has 1 aliphatic heterocycles. The number of hydrogen-bond acceptors (Lipinski definition) is 7. The minimum atomic E-state index is -3.75. The molecule has 2 amide bonds. The number of nitrogens with two attached hydrogens (primary N) is 1. The lowest BCUT2D eigenvalue weighted by molar-refractivity contribution is 0.0968. The number of carbonyl (C=O) groups is 2. The predicted octanol–water partition coefficient (Wildman–Crippen LogP) is 1.65. The van der Waals surface area contributed by atoms with Crippen LogP contribution in [0.5, 0.6) is 5.75 Å². The zero-order chi connectivity index (χ0) is 24.8. The van der Waals surface area contributed by atoms with Crippen molar-refractivity contribution in [1.29, 1.82) is 0 Å². The van der Waals surface area contributed by atoms with Crippen LogP contribution in [-0.2, 0) is 16.3 Å². The largest absolute Gasteiger partial charge is 0.497 e. The lowest BCUT2D eigenvalue weighted by Gasteiger charge is -2.28. The maximum atomic E-state index is 13.7. The van der Waals surface area contributed by atoms with Crippen LogP contribution in [0.1, 0.15) is 26.4 Å². The number of amides is 2. The van der Waals surface area contributed by atoms with Gasteiger partial charge in [-0.2, -0.15) is 5.10 Å². The van der Waals surface area contributed by atoms with Gasteiger partial charge in [0.15, 0.2) is 14.9 Å². The zero-order valence-electron chi connectivity index (χ0n) is 19.3. The number of nitrogens with zero attached hydrogens (tertiary/aromatic N) is 4. The molecule has 10 nitrogen and oxygen atoms in total. The van der Waals surface area contributed by atoms with Gasteiger partial charge in [0.05, 0.1) is 18.4 Å². The van der Waals surface area contributed by atoms with Crippen LogP contribution in [0.2, 0.25) is 0 Å². The first-order valence-corrected chi connectivity index (χ1v) is 12.3. The van der Waals surface area contributed by atoms with Crippen LogP contribution >= 0.6 is 0 Å². The van der Waals surface area contributed by atoms with E-state index in [4.69, 9.17) is 10.5 Å². The fourth-order valence-corrected chi connectivity index (χ4v) is 4.88. The fraction of sp³-hybridized carbons (Fsp3) is 0.261. The summed E-state index contributed by atoms with van der Waals surface area (Å²) in [6, 6.07) is 12.0. The van der Waals surface area contributed by atoms with Crippen LogP contribution in [0, 0.1) is 0 Å². The van der Waals surface area contributed by atoms with Crippen LogP contribution in [0.3, 0.4) is 0 Å². The van der Waals surface area contributed by atoms with E-state index in [2.05, 4.69) is 5.10 Å². The van der Waals surface area contributed by atoms with E-state index in [1.807, 2.05) is 43.3 Å². The Morgan fingerprint density at radius 2 is 1.82 bits per heavy atom. The van der Waals surface area contributed by atoms with Gasteiger partial charge in [0.1, 0.15) is 11.4 Å². The molecule has 0 aliphatic carbocycles. The average molecular weight is 484 g/mol. The molecule has 0 bridgehead atoms. The van der Waals surface area contributed by atoms with Gasteiger partial charge in [-0.25, -0.2) is 13.1 Å². The number of methoxy groups -OCH3 is 1. The van der Waals surface area contributed by atoms with Crippen molar-refractivity contribution < 1.29 is 22.7 Å². The van der Waals surface area contributed by atoms with Crippen LogP contribution in [0.25, 0.3) is 5.69 Å². The van der Waals surface area contributed by atoms with Crippen molar-refractivity contribution in [3.8, 4) is 11.4 Å². The summed E-state index contributed by atoms with van der Waals surface area (Å²) in [5.41, 5.74) is 7.86. The number of anilines is 2. The first-order valence-electron chi connectivity index (χ1n) is 10.4. The lowest BCUT2D eigenvalue weighted by Crippen LogP contribution is -2.39. The summed E-state index contributed by atoms with van der Waals surface area (Å²) >= 11 is 0. The number of carbonyl (C=O) groups excluding carboxylic acids is 2. The zero-order valence-corrected chi connectivity index (χ0v) is 20.1. The Morgan fingerprint density at radius 3 is 2.38 bits per heavy atom. The third kappa shape index (κ3) is 3.98. The minimum Gasteiger partial charge on any atom is -0.497 e. The molecule has 2 N–H and O–H groups in total. The molecule has 0 saturated heterocycles. The highest BCUT2D eigenvalue weighted by atomic mass is 32.2. The Morgan fingerprint density at radius 1 is 1.15 bits per heavy atom. The highest BCUT2D eigenvalue weighted by molar-refractivity contribution is 7.90. The van der Waals surface area contributed by atoms with Gasteiger partial charge in [0.25, 0.3) is 11.8 Å². The molecule has 0 unspecified atom stereocenters. The topological polar surface area (TPSA) is 128 Å². The monoisotopic (exact) mass is 483 g/mol. The van der Waals surface area contributed by atoms with Crippen molar-refractivity contribution in [3.05, 3.63) is 59.3 Å². The van der Waals surface area contributed by atoms with Crippen molar-refractivity contribution in [2.75, 3.05) is 43.8 Å². The lowest BCUT2D eigenvalue weighted by atomic mass is 10.0. The number of sulfone groups is 1. The van der Waals surface area contributed by atoms with E-state index in [9.17, 15) is 18.0 Å². The quantitative estimate of drug-likeness (QED) is 0.565. The molecule has 178 valence electrons. The van der Waals surface area contributed by atoms with Gasteiger partial charge < -0.3 is 20.3 Å². The second-order valence-corrected chi connectivity index (χ2v) is 10.1. The van der Waals surface area contributed by atoms with Crippen LogP contribution in [-0.4, -0.2) is 64.0 Å². The summed E-state index contributed by atoms with van der Waals surface area (Å²) in [5, 5.41) is 4.08. The van der Waals surface area contributed by atoms with E-state index < -0.39 is 21.7 Å². The summed E-state index contributed by atoms with van der Waals surface area (Å²) in [5.74, 6) is -0.804. The summed E-state index contributed by atoms with van der Waals surface area (Å²) in [7, 11) is 1.54.